The van der Waals surface area contributed by atoms with Crippen LogP contribution >= 0.6 is 0 Å². The van der Waals surface area contributed by atoms with E-state index < -0.39 is 0 Å². The van der Waals surface area contributed by atoms with E-state index in [1.807, 2.05) is 0 Å². The first kappa shape index (κ1) is 10.1. The predicted molar refractivity (Wildman–Crippen MR) is 63.5 cm³/mol. The summed E-state index contributed by atoms with van der Waals surface area (Å²) in [5.74, 6) is 4.41. The summed E-state index contributed by atoms with van der Waals surface area (Å²) in [7, 11) is 0. The molecule has 3 aliphatic rings. The maximum Gasteiger partial charge on any atom is 0.00390 e. The fourth-order valence-electron chi connectivity index (χ4n) is 4.52. The molecule has 0 heterocycles. The number of rotatable bonds is 2. The highest BCUT2D eigenvalue weighted by Crippen LogP contribution is 2.51. The number of fused-ring (bicyclic) bond motifs is 2. The van der Waals surface area contributed by atoms with Gasteiger partial charge >= 0.3 is 0 Å². The van der Waals surface area contributed by atoms with Crippen LogP contribution in [-0.4, -0.2) is 6.04 Å². The van der Waals surface area contributed by atoms with Crippen LogP contribution in [0, 0.1) is 23.7 Å². The minimum atomic E-state index is 0.529. The first-order valence-corrected chi connectivity index (χ1v) is 7.07. The van der Waals surface area contributed by atoms with Gasteiger partial charge in [0, 0.05) is 6.04 Å². The van der Waals surface area contributed by atoms with Crippen LogP contribution in [0.15, 0.2) is 0 Å². The highest BCUT2D eigenvalue weighted by atomic mass is 14.6. The molecule has 3 fully saturated rings. The van der Waals surface area contributed by atoms with Crippen LogP contribution in [0.25, 0.3) is 0 Å². The van der Waals surface area contributed by atoms with Crippen LogP contribution in [0.1, 0.15) is 57.8 Å². The van der Waals surface area contributed by atoms with Gasteiger partial charge in [0.15, 0.2) is 0 Å². The van der Waals surface area contributed by atoms with Crippen molar-refractivity contribution in [3.8, 4) is 0 Å². The Labute approximate surface area is 93.8 Å². The van der Waals surface area contributed by atoms with Gasteiger partial charge in [0.05, 0.1) is 0 Å². The molecule has 0 aromatic heterocycles. The Morgan fingerprint density at radius 1 is 0.867 bits per heavy atom. The molecule has 1 heteroatoms. The van der Waals surface area contributed by atoms with Crippen molar-refractivity contribution in [2.75, 3.05) is 0 Å². The summed E-state index contributed by atoms with van der Waals surface area (Å²) in [6, 6.07) is 0.529. The van der Waals surface area contributed by atoms with Gasteiger partial charge in [-0.3, -0.25) is 0 Å². The summed E-state index contributed by atoms with van der Waals surface area (Å²) >= 11 is 0. The molecule has 3 aliphatic carbocycles. The molecule has 3 saturated carbocycles. The molecule has 3 atom stereocenters. The van der Waals surface area contributed by atoms with E-state index in [9.17, 15) is 0 Å². The fourth-order valence-corrected chi connectivity index (χ4v) is 4.52. The molecular weight excluding hydrogens is 182 g/mol. The largest absolute Gasteiger partial charge is 0.328 e. The average Bonchev–Trinajstić information content (AvgIpc) is 2.83. The van der Waals surface area contributed by atoms with Gasteiger partial charge < -0.3 is 5.73 Å². The van der Waals surface area contributed by atoms with Crippen molar-refractivity contribution in [1.29, 1.82) is 0 Å². The van der Waals surface area contributed by atoms with Crippen LogP contribution in [0.5, 0.6) is 0 Å². The maximum absolute atomic E-state index is 5.97. The molecule has 1 nitrogen and oxygen atoms in total. The Kier molecular flexibility index (Phi) is 2.76. The monoisotopic (exact) mass is 207 g/mol. The van der Waals surface area contributed by atoms with Crippen molar-refractivity contribution >= 4 is 0 Å². The smallest absolute Gasteiger partial charge is 0.00390 e. The van der Waals surface area contributed by atoms with E-state index in [1.165, 1.54) is 25.7 Å². The molecule has 0 aromatic rings. The molecule has 0 saturated heterocycles. The lowest BCUT2D eigenvalue weighted by molar-refractivity contribution is 0.221. The van der Waals surface area contributed by atoms with Crippen LogP contribution in [0.2, 0.25) is 0 Å². The lowest BCUT2D eigenvalue weighted by Gasteiger charge is -2.31. The molecule has 0 aromatic carbocycles. The minimum Gasteiger partial charge on any atom is -0.328 e. The zero-order valence-electron chi connectivity index (χ0n) is 9.83. The predicted octanol–water partition coefficient (Wildman–Crippen LogP) is 3.33. The summed E-state index contributed by atoms with van der Waals surface area (Å²) < 4.78 is 0. The SMILES string of the molecule is NC1CCC(CC2CC3CCC2C3)CC1. The molecule has 86 valence electrons. The van der Waals surface area contributed by atoms with E-state index in [1.54, 1.807) is 32.1 Å². The van der Waals surface area contributed by atoms with E-state index in [-0.39, 0.29) is 0 Å². The Hall–Kier alpha value is -0.0400. The lowest BCUT2D eigenvalue weighted by atomic mass is 9.76. The van der Waals surface area contributed by atoms with E-state index in [4.69, 9.17) is 5.73 Å². The van der Waals surface area contributed by atoms with E-state index in [0.717, 1.165) is 23.7 Å². The number of hydrogen-bond acceptors (Lipinski definition) is 1. The zero-order chi connectivity index (χ0) is 10.3. The first-order valence-electron chi connectivity index (χ1n) is 7.07. The second-order valence-corrected chi connectivity index (χ2v) is 6.45. The molecule has 15 heavy (non-hydrogen) atoms. The van der Waals surface area contributed by atoms with Gasteiger partial charge in [-0.15, -0.1) is 0 Å². The third-order valence-electron chi connectivity index (χ3n) is 5.41. The average molecular weight is 207 g/mol. The molecule has 0 amide bonds. The van der Waals surface area contributed by atoms with Crippen molar-refractivity contribution in [2.24, 2.45) is 29.4 Å². The number of hydrogen-bond donors (Lipinski definition) is 1. The molecule has 2 bridgehead atoms. The Morgan fingerprint density at radius 3 is 2.27 bits per heavy atom. The minimum absolute atomic E-state index is 0.529. The van der Waals surface area contributed by atoms with Crippen molar-refractivity contribution in [1.82, 2.24) is 0 Å². The summed E-state index contributed by atoms with van der Waals surface area (Å²) in [6.45, 7) is 0. The van der Waals surface area contributed by atoms with Gasteiger partial charge in [0.25, 0.3) is 0 Å². The summed E-state index contributed by atoms with van der Waals surface area (Å²) in [6.07, 6.45) is 13.3. The summed E-state index contributed by atoms with van der Waals surface area (Å²) in [5, 5.41) is 0. The normalized spacial score (nSPS) is 49.8. The van der Waals surface area contributed by atoms with Gasteiger partial charge in [-0.25, -0.2) is 0 Å². The molecule has 0 aliphatic heterocycles. The van der Waals surface area contributed by atoms with Crippen LogP contribution in [0.3, 0.4) is 0 Å². The Balaban J connectivity index is 1.49. The van der Waals surface area contributed by atoms with Crippen molar-refractivity contribution in [3.05, 3.63) is 0 Å². The molecule has 0 radical (unpaired) electrons. The first-order chi connectivity index (χ1) is 7.31. The summed E-state index contributed by atoms with van der Waals surface area (Å²) in [4.78, 5) is 0. The molecular formula is C14H25N. The standard InChI is InChI=1S/C14H25N/c15-14-5-2-10(3-6-14)7-13-9-11-1-4-12(13)8-11/h10-14H,1-9,15H2. The second kappa shape index (κ2) is 4.08. The topological polar surface area (TPSA) is 26.0 Å². The van der Waals surface area contributed by atoms with Gasteiger partial charge in [0.2, 0.25) is 0 Å². The molecule has 3 unspecified atom stereocenters. The third-order valence-corrected chi connectivity index (χ3v) is 5.41. The maximum atomic E-state index is 5.97. The van der Waals surface area contributed by atoms with Gasteiger partial charge in [-0.2, -0.15) is 0 Å². The van der Waals surface area contributed by atoms with Gasteiger partial charge in [0.1, 0.15) is 0 Å². The van der Waals surface area contributed by atoms with Crippen molar-refractivity contribution in [2.45, 2.75) is 63.8 Å². The second-order valence-electron chi connectivity index (χ2n) is 6.45. The quantitative estimate of drug-likeness (QED) is 0.738. The van der Waals surface area contributed by atoms with E-state index >= 15 is 0 Å². The van der Waals surface area contributed by atoms with Crippen LogP contribution < -0.4 is 5.73 Å². The Bertz CT molecular complexity index is 217. The zero-order valence-corrected chi connectivity index (χ0v) is 9.83. The van der Waals surface area contributed by atoms with Crippen molar-refractivity contribution < 1.29 is 0 Å². The van der Waals surface area contributed by atoms with Crippen LogP contribution in [-0.2, 0) is 0 Å². The van der Waals surface area contributed by atoms with E-state index in [2.05, 4.69) is 0 Å². The number of nitrogens with two attached hydrogens (primary N) is 1. The highest BCUT2D eigenvalue weighted by molar-refractivity contribution is 4.91. The third kappa shape index (κ3) is 2.08. The van der Waals surface area contributed by atoms with Gasteiger partial charge in [-0.1, -0.05) is 6.42 Å². The highest BCUT2D eigenvalue weighted by Gasteiger charge is 2.40. The molecule has 2 N–H and O–H groups in total. The molecule has 3 rings (SSSR count). The molecule has 0 spiro atoms. The van der Waals surface area contributed by atoms with E-state index in [0.29, 0.717) is 6.04 Å². The van der Waals surface area contributed by atoms with Crippen molar-refractivity contribution in [3.63, 3.8) is 0 Å². The fraction of sp³-hybridized carbons (Fsp3) is 1.00. The van der Waals surface area contributed by atoms with Crippen LogP contribution in [0.4, 0.5) is 0 Å². The Morgan fingerprint density at radius 2 is 1.67 bits per heavy atom. The lowest BCUT2D eigenvalue weighted by Crippen LogP contribution is -2.28. The summed E-state index contributed by atoms with van der Waals surface area (Å²) in [5.41, 5.74) is 5.97. The van der Waals surface area contributed by atoms with Gasteiger partial charge in [-0.05, 0) is 75.0 Å².